The average Bonchev–Trinajstić information content (AvgIpc) is 2.33. The topological polar surface area (TPSA) is 68.3 Å². The summed E-state index contributed by atoms with van der Waals surface area (Å²) in [5.41, 5.74) is 7.01. The first-order valence-electron chi connectivity index (χ1n) is 5.92. The minimum atomic E-state index is -0.191. The fourth-order valence-electron chi connectivity index (χ4n) is 1.43. The van der Waals surface area contributed by atoms with Gasteiger partial charge < -0.3 is 15.2 Å². The zero-order chi connectivity index (χ0) is 13.6. The van der Waals surface area contributed by atoms with Gasteiger partial charge in [-0.25, -0.2) is 0 Å². The van der Waals surface area contributed by atoms with Gasteiger partial charge in [0.15, 0.2) is 0 Å². The molecule has 2 N–H and O–H groups in total. The molecule has 0 radical (unpaired) electrons. The highest BCUT2D eigenvalue weighted by Gasteiger charge is 2.16. The number of methoxy groups -OCH3 is 1. The molecule has 0 amide bonds. The second-order valence-corrected chi connectivity index (χ2v) is 4.76. The Hall–Kier alpha value is -1.73. The van der Waals surface area contributed by atoms with Crippen molar-refractivity contribution in [3.05, 3.63) is 23.8 Å². The molecule has 0 unspecified atom stereocenters. The van der Waals surface area contributed by atoms with E-state index < -0.39 is 0 Å². The predicted octanol–water partition coefficient (Wildman–Crippen LogP) is 2.53. The van der Waals surface area contributed by atoms with Gasteiger partial charge in [0.1, 0.15) is 5.75 Å². The molecule has 0 bridgehead atoms. The fourth-order valence-corrected chi connectivity index (χ4v) is 1.43. The number of nitrogens with two attached hydrogens (primary N) is 1. The van der Waals surface area contributed by atoms with Gasteiger partial charge >= 0.3 is 0 Å². The molecule has 0 aliphatic carbocycles. The first kappa shape index (κ1) is 14.3. The predicted molar refractivity (Wildman–Crippen MR) is 71.4 cm³/mol. The number of rotatable bonds is 6. The summed E-state index contributed by atoms with van der Waals surface area (Å²) >= 11 is 0. The molecule has 0 spiro atoms. The van der Waals surface area contributed by atoms with Gasteiger partial charge in [0, 0.05) is 19.2 Å². The Morgan fingerprint density at radius 1 is 1.39 bits per heavy atom. The zero-order valence-corrected chi connectivity index (χ0v) is 11.2. The summed E-state index contributed by atoms with van der Waals surface area (Å²) in [6, 6.07) is 7.49. The van der Waals surface area contributed by atoms with Gasteiger partial charge in [-0.3, -0.25) is 0 Å². The number of anilines is 1. The van der Waals surface area contributed by atoms with Crippen molar-refractivity contribution in [1.29, 1.82) is 5.26 Å². The quantitative estimate of drug-likeness (QED) is 0.785. The van der Waals surface area contributed by atoms with E-state index in [4.69, 9.17) is 20.5 Å². The van der Waals surface area contributed by atoms with Gasteiger partial charge in [-0.15, -0.1) is 0 Å². The number of nitrogens with zero attached hydrogens (tertiary/aromatic N) is 1. The minimum Gasteiger partial charge on any atom is -0.493 e. The number of hydrogen-bond acceptors (Lipinski definition) is 4. The van der Waals surface area contributed by atoms with Crippen molar-refractivity contribution in [2.24, 2.45) is 0 Å². The highest BCUT2D eigenvalue weighted by molar-refractivity contribution is 5.51. The first-order chi connectivity index (χ1) is 8.48. The molecule has 1 aromatic rings. The maximum atomic E-state index is 8.69. The van der Waals surface area contributed by atoms with Gasteiger partial charge in [0.05, 0.1) is 24.7 Å². The summed E-state index contributed by atoms with van der Waals surface area (Å²) in [5.74, 6) is 0.737. The van der Waals surface area contributed by atoms with Crippen LogP contribution in [0.2, 0.25) is 0 Å². The number of benzene rings is 1. The van der Waals surface area contributed by atoms with E-state index >= 15 is 0 Å². The lowest BCUT2D eigenvalue weighted by atomic mass is 10.1. The lowest BCUT2D eigenvalue weighted by Gasteiger charge is -2.22. The Balaban J connectivity index is 2.58. The fraction of sp³-hybridized carbons (Fsp3) is 0.500. The SMILES string of the molecule is COC(C)(C)CCOc1ccc(N)c(CC#N)c1. The summed E-state index contributed by atoms with van der Waals surface area (Å²) in [5, 5.41) is 8.69. The molecule has 4 nitrogen and oxygen atoms in total. The maximum absolute atomic E-state index is 8.69. The van der Waals surface area contributed by atoms with Crippen LogP contribution in [0, 0.1) is 11.3 Å². The molecule has 0 aliphatic rings. The third-order valence-corrected chi connectivity index (χ3v) is 2.91. The molecule has 98 valence electrons. The van der Waals surface area contributed by atoms with Gasteiger partial charge in [0.2, 0.25) is 0 Å². The zero-order valence-electron chi connectivity index (χ0n) is 11.2. The standard InChI is InChI=1S/C14H20N2O2/c1-14(2,17-3)7-9-18-12-4-5-13(16)11(10-12)6-8-15/h4-5,10H,6-7,9,16H2,1-3H3. The van der Waals surface area contributed by atoms with Crippen molar-refractivity contribution in [3.63, 3.8) is 0 Å². The van der Waals surface area contributed by atoms with E-state index in [2.05, 4.69) is 6.07 Å². The molecular formula is C14H20N2O2. The second kappa shape index (κ2) is 6.27. The number of hydrogen-bond donors (Lipinski definition) is 1. The van der Waals surface area contributed by atoms with Crippen LogP contribution in [0.1, 0.15) is 25.8 Å². The number of nitriles is 1. The molecule has 0 atom stereocenters. The van der Waals surface area contributed by atoms with Crippen LogP contribution < -0.4 is 10.5 Å². The van der Waals surface area contributed by atoms with Crippen LogP contribution in [-0.2, 0) is 11.2 Å². The number of ether oxygens (including phenoxy) is 2. The molecule has 1 rings (SSSR count). The summed E-state index contributed by atoms with van der Waals surface area (Å²) in [6.07, 6.45) is 1.09. The summed E-state index contributed by atoms with van der Waals surface area (Å²) in [4.78, 5) is 0. The van der Waals surface area contributed by atoms with E-state index in [9.17, 15) is 0 Å². The largest absolute Gasteiger partial charge is 0.493 e. The monoisotopic (exact) mass is 248 g/mol. The van der Waals surface area contributed by atoms with Crippen molar-refractivity contribution >= 4 is 5.69 Å². The summed E-state index contributed by atoms with van der Waals surface area (Å²) < 4.78 is 11.0. The van der Waals surface area contributed by atoms with Crippen molar-refractivity contribution in [2.75, 3.05) is 19.5 Å². The van der Waals surface area contributed by atoms with Crippen LogP contribution in [0.15, 0.2) is 18.2 Å². The molecule has 0 heterocycles. The van der Waals surface area contributed by atoms with Gasteiger partial charge in [-0.1, -0.05) is 0 Å². The van der Waals surface area contributed by atoms with E-state index in [0.717, 1.165) is 17.7 Å². The van der Waals surface area contributed by atoms with Crippen molar-refractivity contribution in [2.45, 2.75) is 32.3 Å². The molecule has 0 aromatic heterocycles. The number of nitrogen functional groups attached to an aromatic ring is 1. The molecule has 0 aliphatic heterocycles. The van der Waals surface area contributed by atoms with Gasteiger partial charge in [-0.2, -0.15) is 5.26 Å². The summed E-state index contributed by atoms with van der Waals surface area (Å²) in [6.45, 7) is 4.59. The highest BCUT2D eigenvalue weighted by atomic mass is 16.5. The van der Waals surface area contributed by atoms with E-state index in [-0.39, 0.29) is 5.60 Å². The van der Waals surface area contributed by atoms with Gasteiger partial charge in [0.25, 0.3) is 0 Å². The van der Waals surface area contributed by atoms with Crippen molar-refractivity contribution < 1.29 is 9.47 Å². The minimum absolute atomic E-state index is 0.191. The molecule has 0 saturated heterocycles. The third-order valence-electron chi connectivity index (χ3n) is 2.91. The molecule has 4 heteroatoms. The Labute approximate surface area is 108 Å². The van der Waals surface area contributed by atoms with Crippen molar-refractivity contribution in [3.8, 4) is 11.8 Å². The Morgan fingerprint density at radius 2 is 2.11 bits per heavy atom. The van der Waals surface area contributed by atoms with Crippen LogP contribution in [0.3, 0.4) is 0 Å². The first-order valence-corrected chi connectivity index (χ1v) is 5.92. The van der Waals surface area contributed by atoms with Crippen LogP contribution in [0.25, 0.3) is 0 Å². The van der Waals surface area contributed by atoms with Crippen LogP contribution in [0.4, 0.5) is 5.69 Å². The molecule has 1 aromatic carbocycles. The molecular weight excluding hydrogens is 228 g/mol. The van der Waals surface area contributed by atoms with Gasteiger partial charge in [-0.05, 0) is 37.6 Å². The lowest BCUT2D eigenvalue weighted by molar-refractivity contribution is 0.00545. The van der Waals surface area contributed by atoms with Crippen molar-refractivity contribution in [1.82, 2.24) is 0 Å². The van der Waals surface area contributed by atoms with E-state index in [1.54, 1.807) is 13.2 Å². The second-order valence-electron chi connectivity index (χ2n) is 4.76. The normalized spacial score (nSPS) is 11.0. The van der Waals surface area contributed by atoms with E-state index in [1.165, 1.54) is 0 Å². The van der Waals surface area contributed by atoms with Crippen LogP contribution >= 0.6 is 0 Å². The lowest BCUT2D eigenvalue weighted by Crippen LogP contribution is -2.25. The van der Waals surface area contributed by atoms with Crippen LogP contribution in [0.5, 0.6) is 5.75 Å². The Bertz CT molecular complexity index is 436. The summed E-state index contributed by atoms with van der Waals surface area (Å²) in [7, 11) is 1.69. The molecule has 18 heavy (non-hydrogen) atoms. The molecule has 0 fully saturated rings. The maximum Gasteiger partial charge on any atom is 0.119 e. The average molecular weight is 248 g/mol. The van der Waals surface area contributed by atoms with E-state index in [0.29, 0.717) is 18.7 Å². The smallest absolute Gasteiger partial charge is 0.119 e. The molecule has 0 saturated carbocycles. The van der Waals surface area contributed by atoms with E-state index in [1.807, 2.05) is 26.0 Å². The Kier molecular flexibility index (Phi) is 4.99. The third kappa shape index (κ3) is 4.27. The highest BCUT2D eigenvalue weighted by Crippen LogP contribution is 2.21. The van der Waals surface area contributed by atoms with Crippen LogP contribution in [-0.4, -0.2) is 19.3 Å². The Morgan fingerprint density at radius 3 is 2.72 bits per heavy atom.